The van der Waals surface area contributed by atoms with E-state index in [1.54, 1.807) is 0 Å². The second-order valence-corrected chi connectivity index (χ2v) is 4.00. The van der Waals surface area contributed by atoms with Gasteiger partial charge in [-0.2, -0.15) is 0 Å². The van der Waals surface area contributed by atoms with E-state index in [2.05, 4.69) is 5.32 Å². The molecule has 2 heterocycles. The van der Waals surface area contributed by atoms with Crippen LogP contribution in [-0.4, -0.2) is 42.1 Å². The van der Waals surface area contributed by atoms with Crippen LogP contribution in [-0.2, 0) is 9.53 Å². The molecule has 0 saturated carbocycles. The van der Waals surface area contributed by atoms with E-state index in [-0.39, 0.29) is 24.0 Å². The number of carbonyl (C=O) groups is 2. The van der Waals surface area contributed by atoms with Crippen LogP contribution in [0, 0.1) is 0 Å². The third kappa shape index (κ3) is 1.37. The summed E-state index contributed by atoms with van der Waals surface area (Å²) < 4.78 is 5.23. The third-order valence-electron chi connectivity index (χ3n) is 2.95. The Bertz CT molecular complexity index is 255. The van der Waals surface area contributed by atoms with Gasteiger partial charge in [-0.05, 0) is 19.8 Å². The Labute approximate surface area is 82.4 Å². The van der Waals surface area contributed by atoms with E-state index < -0.39 is 0 Å². The molecule has 1 N–H and O–H groups in total. The van der Waals surface area contributed by atoms with Gasteiger partial charge in [-0.1, -0.05) is 0 Å². The van der Waals surface area contributed by atoms with Gasteiger partial charge in [0.25, 0.3) is 5.91 Å². The number of rotatable bonds is 1. The molecule has 0 aromatic heterocycles. The van der Waals surface area contributed by atoms with Crippen molar-refractivity contribution in [2.45, 2.75) is 25.3 Å². The van der Waals surface area contributed by atoms with E-state index in [4.69, 9.17) is 4.74 Å². The lowest BCUT2D eigenvalue weighted by Crippen LogP contribution is -2.53. The summed E-state index contributed by atoms with van der Waals surface area (Å²) in [5.41, 5.74) is -0.351. The lowest BCUT2D eigenvalue weighted by Gasteiger charge is -2.39. The molecule has 0 radical (unpaired) electrons. The highest BCUT2D eigenvalue weighted by Gasteiger charge is 2.43. The lowest BCUT2D eigenvalue weighted by atomic mass is 9.90. The van der Waals surface area contributed by atoms with Crippen molar-refractivity contribution in [1.29, 1.82) is 0 Å². The molecular formula is C9H14N2O3. The van der Waals surface area contributed by atoms with E-state index in [0.29, 0.717) is 13.2 Å². The largest absolute Gasteiger partial charge is 0.381 e. The van der Waals surface area contributed by atoms with Crippen molar-refractivity contribution >= 4 is 11.9 Å². The normalized spacial score (nSPS) is 26.5. The Morgan fingerprint density at radius 1 is 1.36 bits per heavy atom. The van der Waals surface area contributed by atoms with Crippen LogP contribution in [0.3, 0.4) is 0 Å². The van der Waals surface area contributed by atoms with Crippen molar-refractivity contribution in [2.75, 3.05) is 19.8 Å². The Balaban J connectivity index is 2.18. The topological polar surface area (TPSA) is 58.6 Å². The van der Waals surface area contributed by atoms with E-state index in [1.807, 2.05) is 6.92 Å². The quantitative estimate of drug-likeness (QED) is 0.608. The molecule has 2 aliphatic rings. The van der Waals surface area contributed by atoms with Gasteiger partial charge in [-0.15, -0.1) is 0 Å². The molecule has 0 unspecified atom stereocenters. The lowest BCUT2D eigenvalue weighted by molar-refractivity contribution is -0.131. The number of ether oxygens (including phenoxy) is 1. The van der Waals surface area contributed by atoms with Crippen LogP contribution in [0.15, 0.2) is 0 Å². The van der Waals surface area contributed by atoms with Crippen molar-refractivity contribution in [1.82, 2.24) is 10.2 Å². The standard InChI is InChI=1S/C9H14N2O3/c1-9(2-4-14-5-3-9)11-7(12)6-10-8(11)13/h2-6H2,1H3,(H,10,13). The first-order valence-electron chi connectivity index (χ1n) is 4.82. The van der Waals surface area contributed by atoms with Crippen molar-refractivity contribution in [3.63, 3.8) is 0 Å². The SMILES string of the molecule is CC1(N2C(=O)CNC2=O)CCOCC1. The molecule has 0 spiro atoms. The van der Waals surface area contributed by atoms with Crippen molar-refractivity contribution in [3.05, 3.63) is 0 Å². The molecule has 3 amide bonds. The first kappa shape index (κ1) is 9.45. The number of carbonyl (C=O) groups excluding carboxylic acids is 2. The van der Waals surface area contributed by atoms with Crippen molar-refractivity contribution in [3.8, 4) is 0 Å². The van der Waals surface area contributed by atoms with Crippen LogP contribution in [0.1, 0.15) is 19.8 Å². The van der Waals surface area contributed by atoms with E-state index >= 15 is 0 Å². The zero-order chi connectivity index (χ0) is 10.2. The first-order chi connectivity index (χ1) is 6.63. The molecule has 2 aliphatic heterocycles. The van der Waals surface area contributed by atoms with E-state index in [0.717, 1.165) is 12.8 Å². The highest BCUT2D eigenvalue weighted by atomic mass is 16.5. The molecule has 0 aromatic carbocycles. The van der Waals surface area contributed by atoms with Crippen LogP contribution in [0.4, 0.5) is 4.79 Å². The average Bonchev–Trinajstić information content (AvgIpc) is 2.48. The maximum Gasteiger partial charge on any atom is 0.325 e. The van der Waals surface area contributed by atoms with Gasteiger partial charge in [0.15, 0.2) is 0 Å². The molecule has 0 atom stereocenters. The molecular weight excluding hydrogens is 184 g/mol. The second-order valence-electron chi connectivity index (χ2n) is 4.00. The van der Waals surface area contributed by atoms with Gasteiger partial charge in [0.2, 0.25) is 0 Å². The summed E-state index contributed by atoms with van der Waals surface area (Å²) >= 11 is 0. The van der Waals surface area contributed by atoms with Gasteiger partial charge in [0.05, 0.1) is 12.1 Å². The number of amides is 3. The highest BCUT2D eigenvalue weighted by Crippen LogP contribution is 2.28. The summed E-state index contributed by atoms with van der Waals surface area (Å²) in [5, 5.41) is 2.54. The molecule has 0 aromatic rings. The molecule has 78 valence electrons. The smallest absolute Gasteiger partial charge is 0.325 e. The number of imide groups is 1. The van der Waals surface area contributed by atoms with Crippen molar-refractivity contribution < 1.29 is 14.3 Å². The minimum absolute atomic E-state index is 0.126. The summed E-state index contributed by atoms with van der Waals surface area (Å²) in [6.07, 6.45) is 1.46. The molecule has 2 saturated heterocycles. The monoisotopic (exact) mass is 198 g/mol. The summed E-state index contributed by atoms with van der Waals surface area (Å²) in [4.78, 5) is 24.3. The Hall–Kier alpha value is -1.10. The summed E-state index contributed by atoms with van der Waals surface area (Å²) in [5.74, 6) is -0.126. The fraction of sp³-hybridized carbons (Fsp3) is 0.778. The predicted octanol–water partition coefficient (Wildman–Crippen LogP) is 0.107. The highest BCUT2D eigenvalue weighted by molar-refractivity contribution is 6.02. The Morgan fingerprint density at radius 3 is 2.50 bits per heavy atom. The average molecular weight is 198 g/mol. The predicted molar refractivity (Wildman–Crippen MR) is 48.7 cm³/mol. The number of hydrogen-bond acceptors (Lipinski definition) is 3. The molecule has 14 heavy (non-hydrogen) atoms. The molecule has 0 bridgehead atoms. The van der Waals surface area contributed by atoms with Gasteiger partial charge in [-0.3, -0.25) is 9.69 Å². The minimum atomic E-state index is -0.351. The van der Waals surface area contributed by atoms with Gasteiger partial charge >= 0.3 is 6.03 Å². The minimum Gasteiger partial charge on any atom is -0.381 e. The summed E-state index contributed by atoms with van der Waals surface area (Å²) in [6.45, 7) is 3.31. The summed E-state index contributed by atoms with van der Waals surface area (Å²) in [6, 6.07) is -0.264. The Morgan fingerprint density at radius 2 is 2.00 bits per heavy atom. The number of urea groups is 1. The second kappa shape index (κ2) is 3.24. The van der Waals surface area contributed by atoms with E-state index in [9.17, 15) is 9.59 Å². The summed E-state index contributed by atoms with van der Waals surface area (Å²) in [7, 11) is 0. The van der Waals surface area contributed by atoms with Crippen LogP contribution in [0.5, 0.6) is 0 Å². The zero-order valence-corrected chi connectivity index (χ0v) is 8.21. The molecule has 5 heteroatoms. The first-order valence-corrected chi connectivity index (χ1v) is 4.82. The van der Waals surface area contributed by atoms with Gasteiger partial charge < -0.3 is 10.1 Å². The third-order valence-corrected chi connectivity index (χ3v) is 2.95. The number of hydrogen-bond donors (Lipinski definition) is 1. The number of nitrogens with zero attached hydrogens (tertiary/aromatic N) is 1. The van der Waals surface area contributed by atoms with E-state index in [1.165, 1.54) is 4.90 Å². The van der Waals surface area contributed by atoms with Crippen LogP contribution in [0.2, 0.25) is 0 Å². The fourth-order valence-electron chi connectivity index (χ4n) is 2.00. The maximum atomic E-state index is 11.5. The van der Waals surface area contributed by atoms with Gasteiger partial charge in [0, 0.05) is 13.2 Å². The van der Waals surface area contributed by atoms with Gasteiger partial charge in [-0.25, -0.2) is 4.79 Å². The zero-order valence-electron chi connectivity index (χ0n) is 8.21. The molecule has 0 aliphatic carbocycles. The van der Waals surface area contributed by atoms with Crippen LogP contribution >= 0.6 is 0 Å². The molecule has 5 nitrogen and oxygen atoms in total. The maximum absolute atomic E-state index is 11.5. The fourth-order valence-corrected chi connectivity index (χ4v) is 2.00. The number of nitrogens with one attached hydrogen (secondary N) is 1. The van der Waals surface area contributed by atoms with Crippen LogP contribution < -0.4 is 5.32 Å². The molecule has 2 fully saturated rings. The molecule has 2 rings (SSSR count). The van der Waals surface area contributed by atoms with Crippen molar-refractivity contribution in [2.24, 2.45) is 0 Å². The Kier molecular flexibility index (Phi) is 2.19. The van der Waals surface area contributed by atoms with Crippen LogP contribution in [0.25, 0.3) is 0 Å². The van der Waals surface area contributed by atoms with Gasteiger partial charge in [0.1, 0.15) is 0 Å².